The number of nitrogens with zero attached hydrogens (tertiary/aromatic N) is 4. The Morgan fingerprint density at radius 2 is 1.03 bits per heavy atom. The molecule has 8 aromatic carbocycles. The molecule has 4 heterocycles. The van der Waals surface area contributed by atoms with Gasteiger partial charge < -0.3 is 18.0 Å². The number of furan rings is 2. The molecule has 60 heavy (non-hydrogen) atoms. The van der Waals surface area contributed by atoms with Gasteiger partial charge in [-0.05, 0) is 66.2 Å². The van der Waals surface area contributed by atoms with Crippen molar-refractivity contribution in [1.29, 1.82) is 5.26 Å². The minimum atomic E-state index is -4.82. The number of halogens is 3. The highest BCUT2D eigenvalue weighted by molar-refractivity contribution is 6.26. The predicted octanol–water partition coefficient (Wildman–Crippen LogP) is 14.8. The van der Waals surface area contributed by atoms with Crippen LogP contribution >= 0.6 is 0 Å². The highest BCUT2D eigenvalue weighted by Crippen LogP contribution is 2.49. The van der Waals surface area contributed by atoms with Crippen LogP contribution in [0.2, 0.25) is 0 Å². The molecule has 0 fully saturated rings. The second-order valence-corrected chi connectivity index (χ2v) is 14.9. The molecule has 0 atom stereocenters. The lowest BCUT2D eigenvalue weighted by Gasteiger charge is -2.21. The lowest BCUT2D eigenvalue weighted by Crippen LogP contribution is -2.09. The SMILES string of the molecule is [C-]#[N+]c1cccc(C(F)(F)F)c1-c1cc(-n2c3ccccc3c3ccc4oc5ccccc5c4c32)c(-n2c3ccccc3c3ccc4oc5ccccc5c4c32)cc1C#N. The second kappa shape index (κ2) is 12.1. The number of alkyl halides is 3. The van der Waals surface area contributed by atoms with Crippen molar-refractivity contribution in [2.75, 3.05) is 0 Å². The van der Waals surface area contributed by atoms with Gasteiger partial charge in [-0.1, -0.05) is 91.0 Å². The molecule has 282 valence electrons. The van der Waals surface area contributed by atoms with Crippen LogP contribution in [0.25, 0.3) is 115 Å². The Morgan fingerprint density at radius 1 is 0.533 bits per heavy atom. The van der Waals surface area contributed by atoms with Crippen LogP contribution in [-0.4, -0.2) is 9.13 Å². The third-order valence-electron chi connectivity index (χ3n) is 11.8. The van der Waals surface area contributed by atoms with Gasteiger partial charge in [0.15, 0.2) is 5.69 Å². The Labute approximate surface area is 337 Å². The zero-order valence-corrected chi connectivity index (χ0v) is 31.2. The fraction of sp³-hybridized carbons (Fsp3) is 0.0196. The molecular weight excluding hydrogens is 758 g/mol. The van der Waals surface area contributed by atoms with Crippen molar-refractivity contribution in [1.82, 2.24) is 9.13 Å². The Kier molecular flexibility index (Phi) is 6.84. The summed E-state index contributed by atoms with van der Waals surface area (Å²) < 4.78 is 62.2. The van der Waals surface area contributed by atoms with E-state index in [-0.39, 0.29) is 22.4 Å². The molecule has 0 aliphatic heterocycles. The van der Waals surface area contributed by atoms with E-state index in [4.69, 9.17) is 15.4 Å². The van der Waals surface area contributed by atoms with Crippen molar-refractivity contribution < 1.29 is 22.0 Å². The number of para-hydroxylation sites is 4. The number of aromatic nitrogens is 2. The van der Waals surface area contributed by atoms with Gasteiger partial charge in [0.05, 0.1) is 68.0 Å². The molecule has 0 amide bonds. The molecule has 0 radical (unpaired) electrons. The normalized spacial score (nSPS) is 12.2. The first-order valence-corrected chi connectivity index (χ1v) is 19.2. The summed E-state index contributed by atoms with van der Waals surface area (Å²) in [6.07, 6.45) is -4.82. The Morgan fingerprint density at radius 3 is 1.55 bits per heavy atom. The molecule has 0 N–H and O–H groups in total. The number of benzene rings is 8. The number of nitriles is 1. The van der Waals surface area contributed by atoms with E-state index in [0.717, 1.165) is 71.2 Å². The zero-order valence-electron chi connectivity index (χ0n) is 31.2. The molecule has 0 saturated carbocycles. The third kappa shape index (κ3) is 4.51. The fourth-order valence-corrected chi connectivity index (χ4v) is 9.42. The lowest BCUT2D eigenvalue weighted by atomic mass is 9.92. The van der Waals surface area contributed by atoms with Gasteiger partial charge in [-0.25, -0.2) is 4.85 Å². The molecule has 9 heteroatoms. The molecule has 0 bridgehead atoms. The quantitative estimate of drug-likeness (QED) is 0.168. The Bertz CT molecular complexity index is 3920. The maximum absolute atomic E-state index is 15.0. The summed E-state index contributed by atoms with van der Waals surface area (Å²) in [5.41, 5.74) is 5.34. The largest absolute Gasteiger partial charge is 0.456 e. The van der Waals surface area contributed by atoms with E-state index in [1.807, 2.05) is 121 Å². The van der Waals surface area contributed by atoms with Crippen molar-refractivity contribution in [3.8, 4) is 28.6 Å². The number of hydrogen-bond donors (Lipinski definition) is 0. The smallest absolute Gasteiger partial charge is 0.415 e. The third-order valence-corrected chi connectivity index (χ3v) is 11.8. The average molecular weight is 783 g/mol. The highest BCUT2D eigenvalue weighted by Gasteiger charge is 2.36. The van der Waals surface area contributed by atoms with Crippen molar-refractivity contribution in [3.05, 3.63) is 174 Å². The van der Waals surface area contributed by atoms with E-state index in [2.05, 4.69) is 20.0 Å². The zero-order chi connectivity index (χ0) is 40.4. The topological polar surface area (TPSA) is 64.3 Å². The summed E-state index contributed by atoms with van der Waals surface area (Å²) in [5, 5.41) is 18.2. The molecular formula is C51H25F3N4O2. The van der Waals surface area contributed by atoms with Crippen LogP contribution in [0.1, 0.15) is 11.1 Å². The van der Waals surface area contributed by atoms with Crippen LogP contribution in [0, 0.1) is 17.9 Å². The van der Waals surface area contributed by atoms with E-state index < -0.39 is 11.7 Å². The van der Waals surface area contributed by atoms with E-state index in [1.165, 1.54) is 12.1 Å². The van der Waals surface area contributed by atoms with E-state index in [9.17, 15) is 5.26 Å². The first-order chi connectivity index (χ1) is 29.3. The molecule has 0 saturated heterocycles. The number of rotatable bonds is 3. The summed E-state index contributed by atoms with van der Waals surface area (Å²) >= 11 is 0. The van der Waals surface area contributed by atoms with E-state index >= 15 is 13.2 Å². The number of fused-ring (bicyclic) bond motifs is 14. The summed E-state index contributed by atoms with van der Waals surface area (Å²) in [4.78, 5) is 3.57. The van der Waals surface area contributed by atoms with Crippen LogP contribution < -0.4 is 0 Å². The van der Waals surface area contributed by atoms with Crippen molar-refractivity contribution in [2.45, 2.75) is 6.18 Å². The van der Waals surface area contributed by atoms with Gasteiger partial charge in [0.25, 0.3) is 0 Å². The molecule has 12 rings (SSSR count). The molecule has 0 aliphatic carbocycles. The van der Waals surface area contributed by atoms with Crippen LogP contribution in [-0.2, 0) is 6.18 Å². The standard InChI is InChI=1S/C51H25F3N4O2/c1-56-37-16-10-15-36(51(52,53)54)46(37)35-26-41(58-39-18-7-3-12-30(39)32-22-24-45-48(50(32)58)34-14-5-9-20-43(34)60-45)40(25-28(35)27-55)57-38-17-6-2-11-29(38)31-21-23-44-47(49(31)57)33-13-4-8-19-42(33)59-44/h2-26H. The van der Waals surface area contributed by atoms with Crippen molar-refractivity contribution in [3.63, 3.8) is 0 Å². The Balaban J connectivity index is 1.35. The van der Waals surface area contributed by atoms with Crippen LogP contribution in [0.5, 0.6) is 0 Å². The monoisotopic (exact) mass is 782 g/mol. The van der Waals surface area contributed by atoms with Crippen LogP contribution in [0.15, 0.2) is 160 Å². The van der Waals surface area contributed by atoms with Crippen molar-refractivity contribution >= 4 is 93.2 Å². The molecule has 4 aromatic heterocycles. The maximum Gasteiger partial charge on any atom is 0.415 e. The fourth-order valence-electron chi connectivity index (χ4n) is 9.42. The van der Waals surface area contributed by atoms with Crippen molar-refractivity contribution in [2.24, 2.45) is 0 Å². The van der Waals surface area contributed by atoms with Gasteiger partial charge >= 0.3 is 6.18 Å². The van der Waals surface area contributed by atoms with Crippen LogP contribution in [0.4, 0.5) is 18.9 Å². The van der Waals surface area contributed by atoms with Gasteiger partial charge in [-0.15, -0.1) is 0 Å². The molecule has 0 unspecified atom stereocenters. The second-order valence-electron chi connectivity index (χ2n) is 14.9. The summed E-state index contributed by atoms with van der Waals surface area (Å²) in [6, 6.07) is 48.6. The van der Waals surface area contributed by atoms with Gasteiger partial charge in [0, 0.05) is 37.9 Å². The average Bonchev–Trinajstić information content (AvgIpc) is 4.03. The molecule has 0 aliphatic rings. The maximum atomic E-state index is 15.0. The summed E-state index contributed by atoms with van der Waals surface area (Å²) in [5.74, 6) is 0. The Hall–Kier alpha value is -8.27. The minimum Gasteiger partial charge on any atom is -0.456 e. The minimum absolute atomic E-state index is 0.00925. The summed E-state index contributed by atoms with van der Waals surface area (Å²) in [7, 11) is 0. The number of hydrogen-bond acceptors (Lipinski definition) is 3. The lowest BCUT2D eigenvalue weighted by molar-refractivity contribution is -0.137. The van der Waals surface area contributed by atoms with Gasteiger partial charge in [0.1, 0.15) is 22.3 Å². The molecule has 6 nitrogen and oxygen atoms in total. The van der Waals surface area contributed by atoms with E-state index in [1.54, 1.807) is 12.1 Å². The van der Waals surface area contributed by atoms with E-state index in [0.29, 0.717) is 33.7 Å². The first-order valence-electron chi connectivity index (χ1n) is 19.2. The highest BCUT2D eigenvalue weighted by atomic mass is 19.4. The van der Waals surface area contributed by atoms with Gasteiger partial charge in [-0.2, -0.15) is 18.4 Å². The molecule has 0 spiro atoms. The van der Waals surface area contributed by atoms with Crippen LogP contribution in [0.3, 0.4) is 0 Å². The summed E-state index contributed by atoms with van der Waals surface area (Å²) in [6.45, 7) is 8.03. The van der Waals surface area contributed by atoms with Gasteiger partial charge in [0.2, 0.25) is 0 Å². The molecule has 12 aromatic rings. The van der Waals surface area contributed by atoms with Gasteiger partial charge in [-0.3, -0.25) is 0 Å². The first kappa shape index (κ1) is 33.8. The predicted molar refractivity (Wildman–Crippen MR) is 231 cm³/mol.